The second-order valence-corrected chi connectivity index (χ2v) is 7.69. The number of carbonyl (C=O) groups is 1. The average Bonchev–Trinajstić information content (AvgIpc) is 3.29. The van der Waals surface area contributed by atoms with Crippen LogP contribution in [0.1, 0.15) is 27.0 Å². The van der Waals surface area contributed by atoms with E-state index in [1.807, 2.05) is 46.1 Å². The largest absolute Gasteiger partial charge is 0.334 e. The van der Waals surface area contributed by atoms with Gasteiger partial charge in [-0.3, -0.25) is 9.78 Å². The Kier molecular flexibility index (Phi) is 4.64. The average molecular weight is 394 g/mol. The Hall–Kier alpha value is -3.73. The molecule has 1 aliphatic rings. The number of rotatable bonds is 3. The summed E-state index contributed by atoms with van der Waals surface area (Å²) in [7, 11) is 0. The Morgan fingerprint density at radius 3 is 2.50 bits per heavy atom. The number of aromatic nitrogens is 3. The molecule has 0 saturated heterocycles. The van der Waals surface area contributed by atoms with Crippen LogP contribution in [0.15, 0.2) is 79.3 Å². The highest BCUT2D eigenvalue weighted by Gasteiger charge is 2.21. The second-order valence-electron chi connectivity index (χ2n) is 7.69. The topological polar surface area (TPSA) is 51.0 Å². The summed E-state index contributed by atoms with van der Waals surface area (Å²) in [5.74, 6) is 0.0268. The quantitative estimate of drug-likeness (QED) is 0.516. The Morgan fingerprint density at radius 2 is 1.73 bits per heavy atom. The number of carbonyl (C=O) groups excluding carboxylic acids is 1. The number of pyridine rings is 1. The molecule has 4 aromatic rings. The number of nitrogens with zero attached hydrogens (tertiary/aromatic N) is 4. The zero-order valence-corrected chi connectivity index (χ0v) is 16.8. The zero-order valence-electron chi connectivity index (χ0n) is 16.8. The zero-order chi connectivity index (χ0) is 20.5. The minimum Gasteiger partial charge on any atom is -0.334 e. The van der Waals surface area contributed by atoms with E-state index in [-0.39, 0.29) is 5.91 Å². The first-order chi connectivity index (χ1) is 14.7. The SMILES string of the molecule is Cc1ccc(-n2cc(-c3ccc(C(=O)N4CCc5ccccc5C4)cn3)cn2)cc1. The van der Waals surface area contributed by atoms with Gasteiger partial charge >= 0.3 is 0 Å². The van der Waals surface area contributed by atoms with Gasteiger partial charge < -0.3 is 4.90 Å². The molecule has 5 rings (SSSR count). The third-order valence-electron chi connectivity index (χ3n) is 5.61. The van der Waals surface area contributed by atoms with Crippen LogP contribution in [0.4, 0.5) is 0 Å². The molecule has 2 aromatic carbocycles. The summed E-state index contributed by atoms with van der Waals surface area (Å²) in [6, 6.07) is 20.3. The van der Waals surface area contributed by atoms with Crippen molar-refractivity contribution in [1.82, 2.24) is 19.7 Å². The van der Waals surface area contributed by atoms with Crippen molar-refractivity contribution in [2.45, 2.75) is 19.9 Å². The summed E-state index contributed by atoms with van der Waals surface area (Å²) >= 11 is 0. The van der Waals surface area contributed by atoms with E-state index in [9.17, 15) is 4.79 Å². The highest BCUT2D eigenvalue weighted by Crippen LogP contribution is 2.22. The van der Waals surface area contributed by atoms with Crippen LogP contribution in [0, 0.1) is 6.92 Å². The summed E-state index contributed by atoms with van der Waals surface area (Å²) in [4.78, 5) is 19.4. The van der Waals surface area contributed by atoms with E-state index in [0.717, 1.165) is 29.9 Å². The van der Waals surface area contributed by atoms with Crippen molar-refractivity contribution < 1.29 is 4.79 Å². The number of hydrogen-bond donors (Lipinski definition) is 0. The van der Waals surface area contributed by atoms with Gasteiger partial charge in [0, 0.05) is 31.0 Å². The van der Waals surface area contributed by atoms with Crippen LogP contribution >= 0.6 is 0 Å². The fourth-order valence-electron chi connectivity index (χ4n) is 3.84. The summed E-state index contributed by atoms with van der Waals surface area (Å²) in [6.45, 7) is 3.45. The molecule has 1 amide bonds. The first-order valence-corrected chi connectivity index (χ1v) is 10.1. The van der Waals surface area contributed by atoms with Gasteiger partial charge in [0.05, 0.1) is 23.1 Å². The molecule has 0 atom stereocenters. The molecule has 0 spiro atoms. The van der Waals surface area contributed by atoms with E-state index < -0.39 is 0 Å². The van der Waals surface area contributed by atoms with E-state index in [1.165, 1.54) is 16.7 Å². The molecule has 0 bridgehead atoms. The molecule has 148 valence electrons. The first kappa shape index (κ1) is 18.3. The summed E-state index contributed by atoms with van der Waals surface area (Å²) < 4.78 is 1.83. The van der Waals surface area contributed by atoms with Crippen LogP contribution in [-0.2, 0) is 13.0 Å². The Bertz CT molecular complexity index is 1190. The summed E-state index contributed by atoms with van der Waals surface area (Å²) in [5, 5.41) is 4.45. The van der Waals surface area contributed by atoms with Gasteiger partial charge in [0.1, 0.15) is 0 Å². The lowest BCUT2D eigenvalue weighted by atomic mass is 9.99. The maximum Gasteiger partial charge on any atom is 0.255 e. The van der Waals surface area contributed by atoms with Gasteiger partial charge in [-0.1, -0.05) is 42.0 Å². The van der Waals surface area contributed by atoms with Gasteiger partial charge in [0.2, 0.25) is 0 Å². The Morgan fingerprint density at radius 1 is 0.933 bits per heavy atom. The number of benzene rings is 2. The monoisotopic (exact) mass is 394 g/mol. The minimum absolute atomic E-state index is 0.0268. The Labute approximate surface area is 175 Å². The lowest BCUT2D eigenvalue weighted by Crippen LogP contribution is -2.35. The van der Waals surface area contributed by atoms with Crippen LogP contribution in [-0.4, -0.2) is 32.1 Å². The van der Waals surface area contributed by atoms with Gasteiger partial charge in [0.25, 0.3) is 5.91 Å². The van der Waals surface area contributed by atoms with Crippen LogP contribution in [0.2, 0.25) is 0 Å². The van der Waals surface area contributed by atoms with Crippen molar-refractivity contribution in [3.8, 4) is 16.9 Å². The molecule has 0 fully saturated rings. The summed E-state index contributed by atoms with van der Waals surface area (Å²) in [6.07, 6.45) is 6.31. The smallest absolute Gasteiger partial charge is 0.255 e. The van der Waals surface area contributed by atoms with Crippen LogP contribution < -0.4 is 0 Å². The fourth-order valence-corrected chi connectivity index (χ4v) is 3.84. The van der Waals surface area contributed by atoms with Crippen molar-refractivity contribution in [1.29, 1.82) is 0 Å². The van der Waals surface area contributed by atoms with Crippen LogP contribution in [0.3, 0.4) is 0 Å². The van der Waals surface area contributed by atoms with Crippen LogP contribution in [0.25, 0.3) is 16.9 Å². The number of aryl methyl sites for hydroxylation is 1. The molecule has 2 aromatic heterocycles. The molecule has 5 nitrogen and oxygen atoms in total. The second kappa shape index (κ2) is 7.59. The molecular weight excluding hydrogens is 372 g/mol. The standard InChI is InChI=1S/C25H22N4O/c1-18-6-9-23(10-7-18)29-17-22(15-27-29)24-11-8-20(14-26-24)25(30)28-13-12-19-4-2-3-5-21(19)16-28/h2-11,14-15,17H,12-13,16H2,1H3. The fraction of sp³-hybridized carbons (Fsp3) is 0.160. The van der Waals surface area contributed by atoms with E-state index >= 15 is 0 Å². The van der Waals surface area contributed by atoms with Gasteiger partial charge in [-0.05, 0) is 48.7 Å². The number of amides is 1. The molecular formula is C25H22N4O. The summed E-state index contributed by atoms with van der Waals surface area (Å²) in [5.41, 5.74) is 7.11. The number of fused-ring (bicyclic) bond motifs is 1. The van der Waals surface area contributed by atoms with E-state index in [2.05, 4.69) is 47.3 Å². The molecule has 0 aliphatic carbocycles. The molecule has 0 unspecified atom stereocenters. The molecule has 0 radical (unpaired) electrons. The van der Waals surface area contributed by atoms with E-state index in [0.29, 0.717) is 12.1 Å². The van der Waals surface area contributed by atoms with E-state index in [1.54, 1.807) is 12.4 Å². The van der Waals surface area contributed by atoms with Gasteiger partial charge in [0.15, 0.2) is 0 Å². The van der Waals surface area contributed by atoms with Gasteiger partial charge in [-0.25, -0.2) is 4.68 Å². The van der Waals surface area contributed by atoms with Crippen molar-refractivity contribution in [2.75, 3.05) is 6.54 Å². The maximum absolute atomic E-state index is 12.9. The maximum atomic E-state index is 12.9. The molecule has 30 heavy (non-hydrogen) atoms. The number of hydrogen-bond acceptors (Lipinski definition) is 3. The van der Waals surface area contributed by atoms with Crippen molar-refractivity contribution in [2.24, 2.45) is 0 Å². The predicted octanol–water partition coefficient (Wildman–Crippen LogP) is 4.44. The van der Waals surface area contributed by atoms with E-state index in [4.69, 9.17) is 0 Å². The third-order valence-corrected chi connectivity index (χ3v) is 5.61. The highest BCUT2D eigenvalue weighted by atomic mass is 16.2. The lowest BCUT2D eigenvalue weighted by molar-refractivity contribution is 0.0734. The highest BCUT2D eigenvalue weighted by molar-refractivity contribution is 5.94. The predicted molar refractivity (Wildman–Crippen MR) is 116 cm³/mol. The third kappa shape index (κ3) is 3.50. The molecule has 0 saturated carbocycles. The molecule has 0 N–H and O–H groups in total. The van der Waals surface area contributed by atoms with Crippen molar-refractivity contribution in [3.63, 3.8) is 0 Å². The lowest BCUT2D eigenvalue weighted by Gasteiger charge is -2.28. The molecule has 1 aliphatic heterocycles. The molecule has 3 heterocycles. The van der Waals surface area contributed by atoms with Gasteiger partial charge in [-0.2, -0.15) is 5.10 Å². The Balaban J connectivity index is 1.32. The van der Waals surface area contributed by atoms with Crippen molar-refractivity contribution >= 4 is 5.91 Å². The van der Waals surface area contributed by atoms with Crippen molar-refractivity contribution in [3.05, 3.63) is 102 Å². The normalized spacial score (nSPS) is 13.2. The minimum atomic E-state index is 0.0268. The van der Waals surface area contributed by atoms with Crippen LogP contribution in [0.5, 0.6) is 0 Å². The first-order valence-electron chi connectivity index (χ1n) is 10.1. The van der Waals surface area contributed by atoms with Gasteiger partial charge in [-0.15, -0.1) is 0 Å². The molecule has 5 heteroatoms.